The molecule has 0 aliphatic heterocycles. The summed E-state index contributed by atoms with van der Waals surface area (Å²) >= 11 is 0. The van der Waals surface area contributed by atoms with E-state index in [9.17, 15) is 14.7 Å². The van der Waals surface area contributed by atoms with E-state index in [1.165, 1.54) is 4.90 Å². The van der Waals surface area contributed by atoms with Crippen LogP contribution in [0.5, 0.6) is 0 Å². The summed E-state index contributed by atoms with van der Waals surface area (Å²) in [4.78, 5) is 27.1. The van der Waals surface area contributed by atoms with Gasteiger partial charge in [0.2, 0.25) is 0 Å². The van der Waals surface area contributed by atoms with E-state index in [0.717, 1.165) is 5.56 Å². The van der Waals surface area contributed by atoms with Crippen LogP contribution >= 0.6 is 0 Å². The van der Waals surface area contributed by atoms with Crippen molar-refractivity contribution in [2.24, 2.45) is 0 Å². The second-order valence-corrected chi connectivity index (χ2v) is 6.31. The van der Waals surface area contributed by atoms with E-state index in [1.807, 2.05) is 24.3 Å². The summed E-state index contributed by atoms with van der Waals surface area (Å²) in [6, 6.07) is 23.7. The van der Waals surface area contributed by atoms with Crippen molar-refractivity contribution >= 4 is 17.6 Å². The molecule has 0 bridgehead atoms. The number of hydrogen-bond acceptors (Lipinski definition) is 2. The number of nitrogens with zero attached hydrogens (tertiary/aromatic N) is 1. The van der Waals surface area contributed by atoms with Crippen LogP contribution < -0.4 is 4.90 Å². The van der Waals surface area contributed by atoms with Gasteiger partial charge in [-0.15, -0.1) is 6.58 Å². The Hall–Kier alpha value is -3.66. The summed E-state index contributed by atoms with van der Waals surface area (Å²) in [5.41, 5.74) is 2.36. The molecule has 1 N–H and O–H groups in total. The predicted octanol–water partition coefficient (Wildman–Crippen LogP) is 4.89. The number of rotatable bonds is 7. The summed E-state index contributed by atoms with van der Waals surface area (Å²) in [5, 5.41) is 10.1. The van der Waals surface area contributed by atoms with Gasteiger partial charge in [-0.3, -0.25) is 9.69 Å². The van der Waals surface area contributed by atoms with Gasteiger partial charge >= 0.3 is 5.97 Å². The third kappa shape index (κ3) is 4.01. The van der Waals surface area contributed by atoms with E-state index in [1.54, 1.807) is 66.7 Å². The summed E-state index contributed by atoms with van der Waals surface area (Å²) in [7, 11) is 0. The number of carbonyl (C=O) groups is 2. The zero-order valence-electron chi connectivity index (χ0n) is 15.4. The Bertz CT molecular complexity index is 967. The number of allylic oxidation sites excluding steroid dienone is 1. The Kier molecular flexibility index (Phi) is 6.02. The fraction of sp³-hybridized carbons (Fsp3) is 0.0833. The van der Waals surface area contributed by atoms with Crippen LogP contribution in [0.3, 0.4) is 0 Å². The molecule has 140 valence electrons. The van der Waals surface area contributed by atoms with Crippen molar-refractivity contribution in [2.45, 2.75) is 12.5 Å². The fourth-order valence-electron chi connectivity index (χ4n) is 3.20. The highest BCUT2D eigenvalue weighted by molar-refractivity contribution is 6.09. The van der Waals surface area contributed by atoms with Gasteiger partial charge in [0.15, 0.2) is 6.04 Å². The van der Waals surface area contributed by atoms with Gasteiger partial charge in [0.1, 0.15) is 0 Å². The molecule has 4 nitrogen and oxygen atoms in total. The zero-order chi connectivity index (χ0) is 19.9. The number of carbonyl (C=O) groups excluding carboxylic acids is 1. The van der Waals surface area contributed by atoms with Crippen LogP contribution in [0.25, 0.3) is 0 Å². The van der Waals surface area contributed by atoms with E-state index in [-0.39, 0.29) is 5.91 Å². The van der Waals surface area contributed by atoms with E-state index < -0.39 is 12.0 Å². The molecule has 4 heteroatoms. The lowest BCUT2D eigenvalue weighted by Crippen LogP contribution is -2.39. The van der Waals surface area contributed by atoms with Crippen LogP contribution in [0.1, 0.15) is 27.5 Å². The molecule has 0 saturated heterocycles. The predicted molar refractivity (Wildman–Crippen MR) is 110 cm³/mol. The van der Waals surface area contributed by atoms with Crippen molar-refractivity contribution < 1.29 is 14.7 Å². The average Bonchev–Trinajstić information content (AvgIpc) is 2.73. The highest BCUT2D eigenvalue weighted by Crippen LogP contribution is 2.32. The standard InChI is InChI=1S/C24H21NO3/c1-2-11-18-12-9-10-17-21(18)25(23(26)20-15-7-4-8-16-20)22(24(27)28)19-13-5-3-6-14-19/h2-10,12-17,22H,1,11H2,(H,27,28). The van der Waals surface area contributed by atoms with Gasteiger partial charge < -0.3 is 5.11 Å². The topological polar surface area (TPSA) is 57.6 Å². The normalized spacial score (nSPS) is 11.4. The summed E-state index contributed by atoms with van der Waals surface area (Å²) in [6.07, 6.45) is 2.26. The van der Waals surface area contributed by atoms with E-state index in [0.29, 0.717) is 23.2 Å². The lowest BCUT2D eigenvalue weighted by Gasteiger charge is -2.31. The quantitative estimate of drug-likeness (QED) is 0.602. The molecular formula is C24H21NO3. The number of carboxylic acids is 1. The lowest BCUT2D eigenvalue weighted by atomic mass is 10.00. The Morgan fingerprint density at radius 1 is 0.893 bits per heavy atom. The second kappa shape index (κ2) is 8.82. The van der Waals surface area contributed by atoms with Gasteiger partial charge in [-0.1, -0.05) is 72.8 Å². The minimum absolute atomic E-state index is 0.367. The first-order chi connectivity index (χ1) is 13.6. The van der Waals surface area contributed by atoms with Gasteiger partial charge in [0.25, 0.3) is 5.91 Å². The van der Waals surface area contributed by atoms with Crippen LogP contribution in [0.15, 0.2) is 97.6 Å². The third-order valence-corrected chi connectivity index (χ3v) is 4.46. The van der Waals surface area contributed by atoms with E-state index in [2.05, 4.69) is 6.58 Å². The van der Waals surface area contributed by atoms with Crippen molar-refractivity contribution in [3.05, 3.63) is 114 Å². The number of hydrogen-bond donors (Lipinski definition) is 1. The number of amides is 1. The van der Waals surface area contributed by atoms with Crippen molar-refractivity contribution in [1.82, 2.24) is 0 Å². The van der Waals surface area contributed by atoms with Crippen molar-refractivity contribution in [3.63, 3.8) is 0 Å². The molecule has 0 spiro atoms. The van der Waals surface area contributed by atoms with Gasteiger partial charge in [0, 0.05) is 11.3 Å². The average molecular weight is 371 g/mol. The third-order valence-electron chi connectivity index (χ3n) is 4.46. The van der Waals surface area contributed by atoms with E-state index in [4.69, 9.17) is 0 Å². The molecule has 0 aromatic heterocycles. The molecule has 0 saturated carbocycles. The molecule has 1 unspecified atom stereocenters. The number of aliphatic carboxylic acids is 1. The molecule has 3 rings (SSSR count). The molecular weight excluding hydrogens is 350 g/mol. The van der Waals surface area contributed by atoms with Gasteiger partial charge in [-0.05, 0) is 35.7 Å². The first-order valence-corrected chi connectivity index (χ1v) is 8.98. The van der Waals surface area contributed by atoms with E-state index >= 15 is 0 Å². The SMILES string of the molecule is C=CCc1ccccc1N(C(=O)c1ccccc1)C(C(=O)O)c1ccccc1. The number of para-hydroxylation sites is 1. The molecule has 0 radical (unpaired) electrons. The second-order valence-electron chi connectivity index (χ2n) is 6.31. The summed E-state index contributed by atoms with van der Waals surface area (Å²) < 4.78 is 0. The number of carboxylic acid groups (broad SMARTS) is 1. The first kappa shape index (κ1) is 19.1. The van der Waals surface area contributed by atoms with Gasteiger partial charge in [-0.25, -0.2) is 4.79 Å². The molecule has 3 aromatic rings. The van der Waals surface area contributed by atoms with Crippen LogP contribution in [0.2, 0.25) is 0 Å². The molecule has 1 atom stereocenters. The Labute approximate surface area is 164 Å². The molecule has 3 aromatic carbocycles. The largest absolute Gasteiger partial charge is 0.479 e. The van der Waals surface area contributed by atoms with Crippen LogP contribution in [-0.2, 0) is 11.2 Å². The van der Waals surface area contributed by atoms with Crippen molar-refractivity contribution in [1.29, 1.82) is 0 Å². The maximum Gasteiger partial charge on any atom is 0.331 e. The van der Waals surface area contributed by atoms with Crippen LogP contribution in [0, 0.1) is 0 Å². The molecule has 0 heterocycles. The van der Waals surface area contributed by atoms with Crippen LogP contribution in [-0.4, -0.2) is 17.0 Å². The smallest absolute Gasteiger partial charge is 0.331 e. The van der Waals surface area contributed by atoms with Gasteiger partial charge in [0.05, 0.1) is 0 Å². The molecule has 0 aliphatic rings. The molecule has 28 heavy (non-hydrogen) atoms. The monoisotopic (exact) mass is 371 g/mol. The highest BCUT2D eigenvalue weighted by atomic mass is 16.4. The Morgan fingerprint density at radius 2 is 1.46 bits per heavy atom. The van der Waals surface area contributed by atoms with Crippen LogP contribution in [0.4, 0.5) is 5.69 Å². The zero-order valence-corrected chi connectivity index (χ0v) is 15.4. The maximum absolute atomic E-state index is 13.5. The number of anilines is 1. The summed E-state index contributed by atoms with van der Waals surface area (Å²) in [5.74, 6) is -1.46. The number of benzene rings is 3. The van der Waals surface area contributed by atoms with Gasteiger partial charge in [-0.2, -0.15) is 0 Å². The maximum atomic E-state index is 13.5. The molecule has 0 aliphatic carbocycles. The summed E-state index contributed by atoms with van der Waals surface area (Å²) in [6.45, 7) is 3.78. The molecule has 0 fully saturated rings. The van der Waals surface area contributed by atoms with Crippen molar-refractivity contribution in [2.75, 3.05) is 4.90 Å². The Morgan fingerprint density at radius 3 is 2.07 bits per heavy atom. The Balaban J connectivity index is 2.21. The minimum Gasteiger partial charge on any atom is -0.479 e. The lowest BCUT2D eigenvalue weighted by molar-refractivity contribution is -0.138. The van der Waals surface area contributed by atoms with Crippen molar-refractivity contribution in [3.8, 4) is 0 Å². The minimum atomic E-state index is -1.15. The highest BCUT2D eigenvalue weighted by Gasteiger charge is 2.34. The first-order valence-electron chi connectivity index (χ1n) is 8.98. The fourth-order valence-corrected chi connectivity index (χ4v) is 3.20. The molecule has 1 amide bonds.